The summed E-state index contributed by atoms with van der Waals surface area (Å²) in [5, 5.41) is 0. The van der Waals surface area contributed by atoms with Gasteiger partial charge in [-0.3, -0.25) is 4.79 Å². The number of carbonyl (C=O) groups is 1. The third kappa shape index (κ3) is 4.00. The van der Waals surface area contributed by atoms with E-state index in [4.69, 9.17) is 0 Å². The molecule has 0 N–H and O–H groups in total. The number of thioether (sulfide) groups is 1. The van der Waals surface area contributed by atoms with Gasteiger partial charge in [-0.05, 0) is 56.2 Å². The molecule has 2 saturated heterocycles. The van der Waals surface area contributed by atoms with Gasteiger partial charge in [0.25, 0.3) is 5.91 Å². The van der Waals surface area contributed by atoms with Crippen molar-refractivity contribution in [1.82, 2.24) is 9.21 Å². The van der Waals surface area contributed by atoms with Crippen molar-refractivity contribution in [2.24, 2.45) is 0 Å². The molecule has 4 rings (SSSR count). The molecule has 0 radical (unpaired) electrons. The zero-order chi connectivity index (χ0) is 20.6. The molecule has 0 unspecified atom stereocenters. The van der Waals surface area contributed by atoms with Crippen LogP contribution in [-0.4, -0.2) is 53.8 Å². The first-order valence-corrected chi connectivity index (χ1v) is 12.8. The molecule has 2 heterocycles. The largest absolute Gasteiger partial charge is 0.323 e. The minimum Gasteiger partial charge on any atom is -0.323 e. The first-order chi connectivity index (χ1) is 13.8. The summed E-state index contributed by atoms with van der Waals surface area (Å²) in [5.41, 5.74) is 1.77. The Morgan fingerprint density at radius 2 is 1.76 bits per heavy atom. The van der Waals surface area contributed by atoms with Crippen molar-refractivity contribution in [3.8, 4) is 0 Å². The Labute approximate surface area is 184 Å². The fourth-order valence-corrected chi connectivity index (χ4v) is 7.24. The topological polar surface area (TPSA) is 57.7 Å². The van der Waals surface area contributed by atoms with E-state index in [1.807, 2.05) is 36.1 Å². The fraction of sp³-hybridized carbons (Fsp3) is 0.381. The molecule has 0 bridgehead atoms. The van der Waals surface area contributed by atoms with Gasteiger partial charge < -0.3 is 4.90 Å². The molecule has 2 aromatic carbocycles. The lowest BCUT2D eigenvalue weighted by Crippen LogP contribution is -2.53. The summed E-state index contributed by atoms with van der Waals surface area (Å²) in [6.45, 7) is 3.53. The van der Waals surface area contributed by atoms with Crippen LogP contribution in [0.1, 0.15) is 28.8 Å². The average molecular weight is 495 g/mol. The molecule has 2 aliphatic rings. The van der Waals surface area contributed by atoms with Crippen molar-refractivity contribution in [2.75, 3.05) is 25.4 Å². The lowest BCUT2D eigenvalue weighted by atomic mass is 10.0. The van der Waals surface area contributed by atoms with Gasteiger partial charge in [-0.2, -0.15) is 4.31 Å². The SMILES string of the molecule is Cc1cccc(C(=O)N2CCSC23CCN(S(=O)(=O)c2ccc(Br)cc2)CC3)c1. The Hall–Kier alpha value is -1.35. The van der Waals surface area contributed by atoms with Crippen molar-refractivity contribution < 1.29 is 13.2 Å². The van der Waals surface area contributed by atoms with Gasteiger partial charge in [-0.1, -0.05) is 33.6 Å². The van der Waals surface area contributed by atoms with Crippen LogP contribution in [0, 0.1) is 6.92 Å². The number of halogens is 1. The number of hydrogen-bond acceptors (Lipinski definition) is 4. The van der Waals surface area contributed by atoms with Crippen molar-refractivity contribution in [3.05, 3.63) is 64.1 Å². The van der Waals surface area contributed by atoms with Gasteiger partial charge >= 0.3 is 0 Å². The molecule has 0 atom stereocenters. The van der Waals surface area contributed by atoms with Crippen LogP contribution >= 0.6 is 27.7 Å². The molecule has 1 amide bonds. The minimum atomic E-state index is -3.52. The highest BCUT2D eigenvalue weighted by Crippen LogP contribution is 2.45. The molecule has 2 aliphatic heterocycles. The lowest BCUT2D eigenvalue weighted by molar-refractivity contribution is 0.0605. The van der Waals surface area contributed by atoms with E-state index in [0.29, 0.717) is 42.9 Å². The molecule has 0 saturated carbocycles. The van der Waals surface area contributed by atoms with Gasteiger partial charge in [0.2, 0.25) is 10.0 Å². The summed E-state index contributed by atoms with van der Waals surface area (Å²) in [4.78, 5) is 15.1. The lowest BCUT2D eigenvalue weighted by Gasteiger charge is -2.43. The highest BCUT2D eigenvalue weighted by molar-refractivity contribution is 9.10. The van der Waals surface area contributed by atoms with E-state index in [2.05, 4.69) is 15.9 Å². The quantitative estimate of drug-likeness (QED) is 0.643. The predicted octanol–water partition coefficient (Wildman–Crippen LogP) is 4.13. The number of rotatable bonds is 3. The molecule has 1 spiro atoms. The van der Waals surface area contributed by atoms with E-state index < -0.39 is 10.0 Å². The Morgan fingerprint density at radius 1 is 1.07 bits per heavy atom. The number of amides is 1. The van der Waals surface area contributed by atoms with E-state index in [9.17, 15) is 13.2 Å². The highest BCUT2D eigenvalue weighted by atomic mass is 79.9. The third-order valence-corrected chi connectivity index (χ3v) is 9.64. The number of benzene rings is 2. The zero-order valence-corrected chi connectivity index (χ0v) is 19.4. The standard InChI is InChI=1S/C21H23BrN2O3S2/c1-16-3-2-4-17(15-16)20(25)24-13-14-28-21(24)9-11-23(12-10-21)29(26,27)19-7-5-18(22)6-8-19/h2-8,15H,9-14H2,1H3. The smallest absolute Gasteiger partial charge is 0.255 e. The van der Waals surface area contributed by atoms with Crippen LogP contribution in [0.5, 0.6) is 0 Å². The zero-order valence-electron chi connectivity index (χ0n) is 16.2. The van der Waals surface area contributed by atoms with Crippen LogP contribution < -0.4 is 0 Å². The summed E-state index contributed by atoms with van der Waals surface area (Å²) in [5.74, 6) is 0.930. The molecule has 2 fully saturated rings. The molecule has 0 aliphatic carbocycles. The molecule has 29 heavy (non-hydrogen) atoms. The fourth-order valence-electron chi connectivity index (χ4n) is 4.07. The van der Waals surface area contributed by atoms with Crippen LogP contribution in [0.4, 0.5) is 0 Å². The van der Waals surface area contributed by atoms with Crippen LogP contribution in [0.2, 0.25) is 0 Å². The van der Waals surface area contributed by atoms with Crippen molar-refractivity contribution in [2.45, 2.75) is 29.5 Å². The predicted molar refractivity (Wildman–Crippen MR) is 120 cm³/mol. The molecule has 2 aromatic rings. The molecular weight excluding hydrogens is 472 g/mol. The molecule has 154 valence electrons. The third-order valence-electron chi connectivity index (χ3n) is 5.64. The van der Waals surface area contributed by atoms with E-state index in [-0.39, 0.29) is 10.8 Å². The van der Waals surface area contributed by atoms with Gasteiger partial charge in [0.15, 0.2) is 0 Å². The highest BCUT2D eigenvalue weighted by Gasteiger charge is 2.48. The van der Waals surface area contributed by atoms with Gasteiger partial charge in [-0.25, -0.2) is 8.42 Å². The Balaban J connectivity index is 1.51. The second-order valence-electron chi connectivity index (χ2n) is 7.48. The maximum absolute atomic E-state index is 13.2. The van der Waals surface area contributed by atoms with Crippen molar-refractivity contribution >= 4 is 43.6 Å². The van der Waals surface area contributed by atoms with Crippen molar-refractivity contribution in [1.29, 1.82) is 0 Å². The molecule has 5 nitrogen and oxygen atoms in total. The number of nitrogens with zero attached hydrogens (tertiary/aromatic N) is 2. The van der Waals surface area contributed by atoms with E-state index >= 15 is 0 Å². The average Bonchev–Trinajstić information content (AvgIpc) is 3.11. The monoisotopic (exact) mass is 494 g/mol. The summed E-state index contributed by atoms with van der Waals surface area (Å²) >= 11 is 5.13. The van der Waals surface area contributed by atoms with Crippen LogP contribution in [0.3, 0.4) is 0 Å². The summed E-state index contributed by atoms with van der Waals surface area (Å²) in [6, 6.07) is 14.4. The normalized spacial score (nSPS) is 19.6. The summed E-state index contributed by atoms with van der Waals surface area (Å²) in [6.07, 6.45) is 1.29. The van der Waals surface area contributed by atoms with Crippen LogP contribution in [0.25, 0.3) is 0 Å². The van der Waals surface area contributed by atoms with Gasteiger partial charge in [-0.15, -0.1) is 11.8 Å². The van der Waals surface area contributed by atoms with E-state index in [1.54, 1.807) is 40.3 Å². The van der Waals surface area contributed by atoms with Crippen LogP contribution in [-0.2, 0) is 10.0 Å². The maximum atomic E-state index is 13.2. The molecule has 0 aromatic heterocycles. The second kappa shape index (κ2) is 8.06. The van der Waals surface area contributed by atoms with E-state index in [1.165, 1.54) is 0 Å². The maximum Gasteiger partial charge on any atom is 0.255 e. The Morgan fingerprint density at radius 3 is 2.41 bits per heavy atom. The van der Waals surface area contributed by atoms with Crippen LogP contribution in [0.15, 0.2) is 57.9 Å². The number of sulfonamides is 1. The number of aryl methyl sites for hydroxylation is 1. The summed E-state index contributed by atoms with van der Waals surface area (Å²) in [7, 11) is -3.52. The Kier molecular flexibility index (Phi) is 5.81. The van der Waals surface area contributed by atoms with Gasteiger partial charge in [0.05, 0.1) is 9.77 Å². The number of carbonyl (C=O) groups excluding carboxylic acids is 1. The van der Waals surface area contributed by atoms with Gasteiger partial charge in [0.1, 0.15) is 0 Å². The Bertz CT molecular complexity index is 1020. The van der Waals surface area contributed by atoms with E-state index in [0.717, 1.165) is 15.8 Å². The molecular formula is C21H23BrN2O3S2. The number of hydrogen-bond donors (Lipinski definition) is 0. The summed E-state index contributed by atoms with van der Waals surface area (Å²) < 4.78 is 28.4. The first kappa shape index (κ1) is 20.9. The first-order valence-electron chi connectivity index (χ1n) is 9.60. The number of piperidine rings is 1. The van der Waals surface area contributed by atoms with Gasteiger partial charge in [0, 0.05) is 35.4 Å². The second-order valence-corrected chi connectivity index (χ2v) is 11.8. The van der Waals surface area contributed by atoms with Crippen molar-refractivity contribution in [3.63, 3.8) is 0 Å². The molecule has 8 heteroatoms. The minimum absolute atomic E-state index is 0.0444.